The quantitative estimate of drug-likeness (QED) is 0.605. The Kier molecular flexibility index (Phi) is 5.42. The third-order valence-corrected chi connectivity index (χ3v) is 4.75. The van der Waals surface area contributed by atoms with Crippen LogP contribution in [0.15, 0.2) is 72.0 Å². The fourth-order valence-electron chi connectivity index (χ4n) is 3.36. The van der Waals surface area contributed by atoms with E-state index < -0.39 is 6.04 Å². The van der Waals surface area contributed by atoms with Crippen molar-refractivity contribution in [2.45, 2.75) is 32.2 Å². The van der Waals surface area contributed by atoms with Crippen LogP contribution in [0.4, 0.5) is 0 Å². The topological polar surface area (TPSA) is 62.6 Å². The summed E-state index contributed by atoms with van der Waals surface area (Å²) < 4.78 is 0. The smallest absolute Gasteiger partial charge is 0.118 e. The van der Waals surface area contributed by atoms with E-state index in [-0.39, 0.29) is 11.7 Å². The van der Waals surface area contributed by atoms with E-state index in [0.717, 1.165) is 22.4 Å². The van der Waals surface area contributed by atoms with Gasteiger partial charge in [0.15, 0.2) is 0 Å². The van der Waals surface area contributed by atoms with Crippen LogP contribution in [-0.2, 0) is 0 Å². The molecule has 1 aromatic heterocycles. The van der Waals surface area contributed by atoms with Gasteiger partial charge in [0.1, 0.15) is 11.8 Å². The van der Waals surface area contributed by atoms with Crippen LogP contribution in [0.25, 0.3) is 0 Å². The van der Waals surface area contributed by atoms with E-state index in [2.05, 4.69) is 29.2 Å². The molecule has 0 aliphatic heterocycles. The number of nitroso groups, excluding NO2 is 1. The summed E-state index contributed by atoms with van der Waals surface area (Å²) in [4.78, 5) is 15.8. The Bertz CT molecular complexity index is 891. The minimum absolute atomic E-state index is 0.00738. The highest BCUT2D eigenvalue weighted by molar-refractivity contribution is 5.40. The molecule has 0 spiro atoms. The molecule has 4 heteroatoms. The number of benzene rings is 2. The van der Waals surface area contributed by atoms with E-state index in [1.54, 1.807) is 18.3 Å². The summed E-state index contributed by atoms with van der Waals surface area (Å²) in [5.74, 6) is 0.236. The number of hydrogen-bond donors (Lipinski definition) is 1. The second-order valence-electron chi connectivity index (χ2n) is 6.59. The van der Waals surface area contributed by atoms with Crippen LogP contribution >= 0.6 is 0 Å². The predicted octanol–water partition coefficient (Wildman–Crippen LogP) is 5.43. The summed E-state index contributed by atoms with van der Waals surface area (Å²) >= 11 is 0. The molecule has 4 nitrogen and oxygen atoms in total. The Morgan fingerprint density at radius 2 is 1.73 bits per heavy atom. The molecule has 0 aliphatic carbocycles. The van der Waals surface area contributed by atoms with Gasteiger partial charge in [0.2, 0.25) is 0 Å². The van der Waals surface area contributed by atoms with Crippen molar-refractivity contribution < 1.29 is 5.11 Å². The SMILES string of the molecule is Cc1cc(C(CC(c2ccc(O)cc2)c2ccccc2C)N=O)ccn1. The molecular weight excluding hydrogens is 324 g/mol. The number of aromatic hydroxyl groups is 1. The summed E-state index contributed by atoms with van der Waals surface area (Å²) in [6.45, 7) is 3.98. The van der Waals surface area contributed by atoms with Crippen molar-refractivity contribution in [2.24, 2.45) is 5.18 Å². The first-order chi connectivity index (χ1) is 12.6. The first-order valence-electron chi connectivity index (χ1n) is 8.68. The summed E-state index contributed by atoms with van der Waals surface area (Å²) in [5, 5.41) is 13.0. The van der Waals surface area contributed by atoms with Crippen LogP contribution in [0.3, 0.4) is 0 Å². The van der Waals surface area contributed by atoms with Crippen molar-refractivity contribution in [1.29, 1.82) is 0 Å². The molecule has 1 N–H and O–H groups in total. The van der Waals surface area contributed by atoms with Gasteiger partial charge >= 0.3 is 0 Å². The normalized spacial score (nSPS) is 13.2. The summed E-state index contributed by atoms with van der Waals surface area (Å²) in [5.41, 5.74) is 5.13. The molecule has 3 rings (SSSR count). The summed E-state index contributed by atoms with van der Waals surface area (Å²) in [7, 11) is 0. The number of aromatic nitrogens is 1. The van der Waals surface area contributed by atoms with Gasteiger partial charge in [-0.05, 0) is 66.8 Å². The third kappa shape index (κ3) is 3.97. The number of hydrogen-bond acceptors (Lipinski definition) is 4. The zero-order chi connectivity index (χ0) is 18.5. The maximum atomic E-state index is 11.6. The summed E-state index contributed by atoms with van der Waals surface area (Å²) in [6, 6.07) is 18.7. The lowest BCUT2D eigenvalue weighted by atomic mass is 9.82. The molecule has 0 bridgehead atoms. The number of aryl methyl sites for hydroxylation is 2. The average Bonchev–Trinajstić information content (AvgIpc) is 2.65. The Morgan fingerprint density at radius 1 is 1.00 bits per heavy atom. The van der Waals surface area contributed by atoms with E-state index in [9.17, 15) is 10.0 Å². The third-order valence-electron chi connectivity index (χ3n) is 4.75. The average molecular weight is 346 g/mol. The van der Waals surface area contributed by atoms with Gasteiger partial charge in [0.25, 0.3) is 0 Å². The largest absolute Gasteiger partial charge is 0.508 e. The van der Waals surface area contributed by atoms with E-state index in [0.29, 0.717) is 6.42 Å². The first kappa shape index (κ1) is 17.8. The van der Waals surface area contributed by atoms with Crippen molar-refractivity contribution in [3.8, 4) is 5.75 Å². The van der Waals surface area contributed by atoms with E-state index in [1.165, 1.54) is 5.56 Å². The van der Waals surface area contributed by atoms with Gasteiger partial charge in [-0.25, -0.2) is 0 Å². The monoisotopic (exact) mass is 346 g/mol. The molecule has 0 amide bonds. The zero-order valence-electron chi connectivity index (χ0n) is 15.0. The number of phenols is 1. The fraction of sp³-hybridized carbons (Fsp3) is 0.227. The Labute approximate surface area is 153 Å². The molecule has 2 unspecified atom stereocenters. The molecule has 0 radical (unpaired) electrons. The van der Waals surface area contributed by atoms with Gasteiger partial charge in [-0.2, -0.15) is 4.91 Å². The van der Waals surface area contributed by atoms with Crippen molar-refractivity contribution >= 4 is 0 Å². The number of nitrogens with zero attached hydrogens (tertiary/aromatic N) is 2. The van der Waals surface area contributed by atoms with Crippen LogP contribution < -0.4 is 0 Å². The second-order valence-corrected chi connectivity index (χ2v) is 6.59. The van der Waals surface area contributed by atoms with Gasteiger partial charge < -0.3 is 5.11 Å². The van der Waals surface area contributed by atoms with Crippen molar-refractivity contribution in [1.82, 2.24) is 4.98 Å². The first-order valence-corrected chi connectivity index (χ1v) is 8.68. The highest BCUT2D eigenvalue weighted by Gasteiger charge is 2.23. The van der Waals surface area contributed by atoms with E-state index in [1.807, 2.05) is 43.3 Å². The molecule has 132 valence electrons. The van der Waals surface area contributed by atoms with Crippen LogP contribution in [0.1, 0.15) is 46.3 Å². The summed E-state index contributed by atoms with van der Waals surface area (Å²) in [6.07, 6.45) is 2.27. The highest BCUT2D eigenvalue weighted by atomic mass is 16.3. The molecular formula is C22H22N2O2. The molecule has 0 fully saturated rings. The maximum absolute atomic E-state index is 11.6. The molecule has 2 aromatic carbocycles. The number of pyridine rings is 1. The fourth-order valence-corrected chi connectivity index (χ4v) is 3.36. The Balaban J connectivity index is 2.01. The number of phenolic OH excluding ortho intramolecular Hbond substituents is 1. The highest BCUT2D eigenvalue weighted by Crippen LogP contribution is 2.37. The zero-order valence-corrected chi connectivity index (χ0v) is 15.0. The molecule has 2 atom stereocenters. The maximum Gasteiger partial charge on any atom is 0.118 e. The van der Waals surface area contributed by atoms with Gasteiger partial charge in [-0.15, -0.1) is 0 Å². The predicted molar refractivity (Wildman–Crippen MR) is 103 cm³/mol. The lowest BCUT2D eigenvalue weighted by Gasteiger charge is -2.23. The van der Waals surface area contributed by atoms with Gasteiger partial charge in [0.05, 0.1) is 0 Å². The molecule has 3 aromatic rings. The lowest BCUT2D eigenvalue weighted by Crippen LogP contribution is -2.08. The molecule has 0 saturated heterocycles. The second kappa shape index (κ2) is 7.91. The van der Waals surface area contributed by atoms with E-state index >= 15 is 0 Å². The standard InChI is InChI=1S/C22H22N2O2/c1-15-5-3-4-6-20(15)21(17-7-9-19(25)10-8-17)14-22(24-26)18-11-12-23-16(2)13-18/h3-13,21-22,25H,14H2,1-2H3. The van der Waals surface area contributed by atoms with E-state index in [4.69, 9.17) is 0 Å². The van der Waals surface area contributed by atoms with Crippen molar-refractivity contribution in [3.63, 3.8) is 0 Å². The molecule has 1 heterocycles. The number of rotatable bonds is 6. The van der Waals surface area contributed by atoms with Gasteiger partial charge in [0, 0.05) is 17.8 Å². The van der Waals surface area contributed by atoms with Crippen LogP contribution in [0.5, 0.6) is 5.75 Å². The van der Waals surface area contributed by atoms with Crippen molar-refractivity contribution in [3.05, 3.63) is 99.7 Å². The lowest BCUT2D eigenvalue weighted by molar-refractivity contribution is 0.474. The minimum atomic E-state index is -0.463. The van der Waals surface area contributed by atoms with Crippen molar-refractivity contribution in [2.75, 3.05) is 0 Å². The molecule has 0 aliphatic rings. The Hall–Kier alpha value is -3.01. The van der Waals surface area contributed by atoms with Crippen LogP contribution in [-0.4, -0.2) is 10.1 Å². The molecule has 26 heavy (non-hydrogen) atoms. The van der Waals surface area contributed by atoms with Crippen LogP contribution in [0.2, 0.25) is 0 Å². The Morgan fingerprint density at radius 3 is 2.38 bits per heavy atom. The minimum Gasteiger partial charge on any atom is -0.508 e. The van der Waals surface area contributed by atoms with Gasteiger partial charge in [-0.1, -0.05) is 41.6 Å². The molecule has 0 saturated carbocycles. The van der Waals surface area contributed by atoms with Crippen LogP contribution in [0, 0.1) is 18.8 Å². The van der Waals surface area contributed by atoms with Gasteiger partial charge in [-0.3, -0.25) is 4.98 Å².